The van der Waals surface area contributed by atoms with E-state index in [2.05, 4.69) is 13.2 Å². The molecule has 1 heterocycles. The van der Waals surface area contributed by atoms with Crippen LogP contribution in [0.1, 0.15) is 11.1 Å². The van der Waals surface area contributed by atoms with Gasteiger partial charge in [-0.15, -0.1) is 0 Å². The molecule has 0 atom stereocenters. The lowest BCUT2D eigenvalue weighted by Gasteiger charge is -2.16. The molecule has 1 aliphatic heterocycles. The fourth-order valence-electron chi connectivity index (χ4n) is 3.95. The lowest BCUT2D eigenvalue weighted by Crippen LogP contribution is -1.99. The minimum atomic E-state index is -4.43. The molecule has 0 radical (unpaired) electrons. The summed E-state index contributed by atoms with van der Waals surface area (Å²) in [5, 5.41) is 3.73. The van der Waals surface area contributed by atoms with E-state index in [9.17, 15) is 9.46 Å². The molecular weight excluding hydrogens is 383 g/mol. The average Bonchev–Trinajstić information content (AvgIpc) is 2.85. The van der Waals surface area contributed by atoms with Crippen molar-refractivity contribution in [2.24, 2.45) is 0 Å². The molecule has 5 heteroatoms. The molecule has 0 amide bonds. The van der Waals surface area contributed by atoms with Crippen molar-refractivity contribution in [2.45, 2.75) is 0 Å². The van der Waals surface area contributed by atoms with Crippen molar-refractivity contribution < 1.29 is 18.5 Å². The molecule has 4 aromatic rings. The Morgan fingerprint density at radius 3 is 1.59 bits per heavy atom. The Morgan fingerprint density at radius 1 is 0.759 bits per heavy atom. The monoisotopic (exact) mass is 400 g/mol. The minimum Gasteiger partial charge on any atom is -0.394 e. The third-order valence-electron chi connectivity index (χ3n) is 5.16. The van der Waals surface area contributed by atoms with Gasteiger partial charge in [0.15, 0.2) is 0 Å². The van der Waals surface area contributed by atoms with Gasteiger partial charge in [0.1, 0.15) is 11.5 Å². The van der Waals surface area contributed by atoms with Gasteiger partial charge < -0.3 is 9.05 Å². The highest BCUT2D eigenvalue weighted by molar-refractivity contribution is 7.48. The van der Waals surface area contributed by atoms with Gasteiger partial charge in [-0.25, -0.2) is 4.57 Å². The second-order valence-corrected chi connectivity index (χ2v) is 8.14. The Kier molecular flexibility index (Phi) is 3.88. The van der Waals surface area contributed by atoms with Crippen LogP contribution in [0, 0.1) is 0 Å². The van der Waals surface area contributed by atoms with E-state index in [4.69, 9.17) is 9.05 Å². The van der Waals surface area contributed by atoms with Crippen molar-refractivity contribution in [3.8, 4) is 22.6 Å². The number of fused-ring (bicyclic) bond motifs is 7. The van der Waals surface area contributed by atoms with Crippen LogP contribution in [0.5, 0.6) is 11.5 Å². The van der Waals surface area contributed by atoms with Crippen molar-refractivity contribution in [3.63, 3.8) is 0 Å². The maximum atomic E-state index is 12.8. The summed E-state index contributed by atoms with van der Waals surface area (Å²) in [6, 6.07) is 19.5. The normalized spacial score (nSPS) is 14.2. The Balaban J connectivity index is 2.10. The minimum absolute atomic E-state index is 0.287. The average molecular weight is 400 g/mol. The quantitative estimate of drug-likeness (QED) is 0.375. The summed E-state index contributed by atoms with van der Waals surface area (Å²) >= 11 is 0. The van der Waals surface area contributed by atoms with Crippen LogP contribution in [0.2, 0.25) is 0 Å². The Morgan fingerprint density at radius 2 is 1.17 bits per heavy atom. The van der Waals surface area contributed by atoms with Crippen molar-refractivity contribution in [1.29, 1.82) is 0 Å². The number of hydrogen-bond donors (Lipinski definition) is 1. The Hall–Kier alpha value is -3.33. The van der Waals surface area contributed by atoms with Gasteiger partial charge in [0, 0.05) is 22.3 Å². The lowest BCUT2D eigenvalue weighted by atomic mass is 9.89. The molecule has 0 bridgehead atoms. The first-order chi connectivity index (χ1) is 14.0. The molecule has 0 aliphatic carbocycles. The van der Waals surface area contributed by atoms with Crippen LogP contribution in [-0.4, -0.2) is 4.89 Å². The summed E-state index contributed by atoms with van der Waals surface area (Å²) in [5.41, 5.74) is 2.66. The summed E-state index contributed by atoms with van der Waals surface area (Å²) in [6.07, 6.45) is 3.24. The summed E-state index contributed by atoms with van der Waals surface area (Å²) in [4.78, 5) is 10.5. The first kappa shape index (κ1) is 17.7. The molecule has 0 saturated heterocycles. The van der Waals surface area contributed by atoms with Crippen LogP contribution in [0.4, 0.5) is 0 Å². The highest BCUT2D eigenvalue weighted by atomic mass is 31.2. The summed E-state index contributed by atoms with van der Waals surface area (Å²) in [7, 11) is -4.43. The van der Waals surface area contributed by atoms with Gasteiger partial charge in [-0.2, -0.15) is 0 Å². The fourth-order valence-corrected chi connectivity index (χ4v) is 4.84. The molecule has 0 spiro atoms. The van der Waals surface area contributed by atoms with E-state index in [-0.39, 0.29) is 11.5 Å². The molecule has 4 aromatic carbocycles. The number of phosphoric ester groups is 1. The van der Waals surface area contributed by atoms with Gasteiger partial charge in [0.05, 0.1) is 0 Å². The zero-order chi connectivity index (χ0) is 20.2. The van der Waals surface area contributed by atoms with Crippen molar-refractivity contribution in [2.75, 3.05) is 0 Å². The van der Waals surface area contributed by atoms with Crippen LogP contribution >= 0.6 is 7.82 Å². The molecular formula is C24H17O4P. The lowest BCUT2D eigenvalue weighted by molar-refractivity contribution is 0.294. The molecule has 4 nitrogen and oxygen atoms in total. The summed E-state index contributed by atoms with van der Waals surface area (Å²) < 4.78 is 24.0. The summed E-state index contributed by atoms with van der Waals surface area (Å²) in [6.45, 7) is 7.74. The standard InChI is InChI=1S/C24H17O4P/c1-3-15-13-17-9-5-7-11-19(17)21-22-20-12-8-6-10-18(20)14-16(4-2)24(22)28-29(25,26)27-23(15)21/h3-14H,1-2H2,(H,25,26). The van der Waals surface area contributed by atoms with Crippen LogP contribution in [0.3, 0.4) is 0 Å². The molecule has 5 rings (SSSR count). The topological polar surface area (TPSA) is 55.8 Å². The molecule has 142 valence electrons. The zero-order valence-corrected chi connectivity index (χ0v) is 16.4. The maximum Gasteiger partial charge on any atom is 0.584 e. The maximum absolute atomic E-state index is 12.8. The molecule has 0 unspecified atom stereocenters. The van der Waals surface area contributed by atoms with Crippen LogP contribution in [0.15, 0.2) is 73.8 Å². The predicted molar refractivity (Wildman–Crippen MR) is 118 cm³/mol. The highest BCUT2D eigenvalue weighted by Gasteiger charge is 2.36. The van der Waals surface area contributed by atoms with Crippen LogP contribution in [0.25, 0.3) is 44.8 Å². The summed E-state index contributed by atoms with van der Waals surface area (Å²) in [5.74, 6) is 0.573. The van der Waals surface area contributed by atoms with Gasteiger partial charge in [-0.1, -0.05) is 73.8 Å². The third-order valence-corrected chi connectivity index (χ3v) is 5.99. The molecule has 1 N–H and O–H groups in total. The van der Waals surface area contributed by atoms with Crippen molar-refractivity contribution in [1.82, 2.24) is 0 Å². The van der Waals surface area contributed by atoms with Gasteiger partial charge in [0.25, 0.3) is 0 Å². The van der Waals surface area contributed by atoms with Crippen LogP contribution in [-0.2, 0) is 4.57 Å². The molecule has 1 aliphatic rings. The second kappa shape index (κ2) is 6.35. The second-order valence-electron chi connectivity index (χ2n) is 6.84. The SMILES string of the molecule is C=Cc1cc2ccccc2c2c1OP(=O)(O)Oc1c(C=C)cc3ccccc3c1-2. The van der Waals surface area contributed by atoms with Gasteiger partial charge in [-0.3, -0.25) is 4.89 Å². The van der Waals surface area contributed by atoms with E-state index in [1.165, 1.54) is 0 Å². The van der Waals surface area contributed by atoms with E-state index in [1.807, 2.05) is 60.7 Å². The van der Waals surface area contributed by atoms with Crippen molar-refractivity contribution in [3.05, 3.63) is 84.9 Å². The molecule has 0 saturated carbocycles. The van der Waals surface area contributed by atoms with Gasteiger partial charge >= 0.3 is 7.82 Å². The van der Waals surface area contributed by atoms with Crippen molar-refractivity contribution >= 4 is 41.5 Å². The van der Waals surface area contributed by atoms with E-state index < -0.39 is 7.82 Å². The fraction of sp³-hybridized carbons (Fsp3) is 0. The number of rotatable bonds is 2. The third kappa shape index (κ3) is 2.69. The van der Waals surface area contributed by atoms with E-state index >= 15 is 0 Å². The number of phosphoric acid groups is 1. The Bertz CT molecular complexity index is 1280. The van der Waals surface area contributed by atoms with Gasteiger partial charge in [-0.05, 0) is 33.7 Å². The molecule has 0 fully saturated rings. The van der Waals surface area contributed by atoms with E-state index in [0.717, 1.165) is 21.5 Å². The number of hydrogen-bond acceptors (Lipinski definition) is 3. The van der Waals surface area contributed by atoms with E-state index in [0.29, 0.717) is 22.3 Å². The van der Waals surface area contributed by atoms with Gasteiger partial charge in [0.2, 0.25) is 0 Å². The van der Waals surface area contributed by atoms with Crippen LogP contribution < -0.4 is 9.05 Å². The largest absolute Gasteiger partial charge is 0.584 e. The molecule has 0 aromatic heterocycles. The first-order valence-electron chi connectivity index (χ1n) is 9.11. The van der Waals surface area contributed by atoms with E-state index in [1.54, 1.807) is 12.2 Å². The molecule has 29 heavy (non-hydrogen) atoms. The first-order valence-corrected chi connectivity index (χ1v) is 10.6. The number of benzene rings is 4. The zero-order valence-electron chi connectivity index (χ0n) is 15.5. The highest BCUT2D eigenvalue weighted by Crippen LogP contribution is 2.59. The smallest absolute Gasteiger partial charge is 0.394 e. The predicted octanol–water partition coefficient (Wildman–Crippen LogP) is 6.82. The Labute approximate surface area is 167 Å².